The molecule has 2 atom stereocenters. The second-order valence-electron chi connectivity index (χ2n) is 5.60. The molecule has 0 saturated heterocycles. The Bertz CT molecular complexity index is 319. The van der Waals surface area contributed by atoms with Crippen molar-refractivity contribution >= 4 is 11.3 Å². The van der Waals surface area contributed by atoms with Crippen molar-refractivity contribution in [3.8, 4) is 0 Å². The molecule has 1 N–H and O–H groups in total. The summed E-state index contributed by atoms with van der Waals surface area (Å²) in [7, 11) is 0. The standard InChI is InChI=1S/C13H22N2S/c1-4-11(12-14-7-8-16-12)15-10-5-6-13(2,3)9-10/h7-8,10-11,15H,4-6,9H2,1-3H3. The maximum absolute atomic E-state index is 4.42. The van der Waals surface area contributed by atoms with Gasteiger partial charge in [0.25, 0.3) is 0 Å². The van der Waals surface area contributed by atoms with E-state index in [4.69, 9.17) is 0 Å². The third-order valence-electron chi connectivity index (χ3n) is 3.56. The first kappa shape index (κ1) is 12.1. The first-order valence-electron chi connectivity index (χ1n) is 6.26. The van der Waals surface area contributed by atoms with Crippen LogP contribution in [-0.4, -0.2) is 11.0 Å². The van der Waals surface area contributed by atoms with E-state index >= 15 is 0 Å². The van der Waals surface area contributed by atoms with Crippen LogP contribution in [0.2, 0.25) is 0 Å². The number of thiazole rings is 1. The largest absolute Gasteiger partial charge is 0.305 e. The third kappa shape index (κ3) is 2.83. The highest BCUT2D eigenvalue weighted by Gasteiger charge is 2.32. The summed E-state index contributed by atoms with van der Waals surface area (Å²) >= 11 is 1.77. The molecule has 1 fully saturated rings. The lowest BCUT2D eigenvalue weighted by atomic mass is 9.92. The lowest BCUT2D eigenvalue weighted by molar-refractivity contribution is 0.350. The molecule has 0 aliphatic heterocycles. The lowest BCUT2D eigenvalue weighted by Crippen LogP contribution is -2.31. The molecule has 16 heavy (non-hydrogen) atoms. The van der Waals surface area contributed by atoms with E-state index in [-0.39, 0.29) is 0 Å². The summed E-state index contributed by atoms with van der Waals surface area (Å²) in [6.07, 6.45) is 7.00. The van der Waals surface area contributed by atoms with Crippen LogP contribution in [0.15, 0.2) is 11.6 Å². The molecule has 2 rings (SSSR count). The minimum absolute atomic E-state index is 0.457. The maximum Gasteiger partial charge on any atom is 0.109 e. The van der Waals surface area contributed by atoms with Crippen molar-refractivity contribution in [2.24, 2.45) is 5.41 Å². The van der Waals surface area contributed by atoms with Crippen molar-refractivity contribution in [1.29, 1.82) is 0 Å². The van der Waals surface area contributed by atoms with Crippen LogP contribution in [0.1, 0.15) is 57.5 Å². The minimum Gasteiger partial charge on any atom is -0.305 e. The molecule has 90 valence electrons. The topological polar surface area (TPSA) is 24.9 Å². The zero-order chi connectivity index (χ0) is 11.6. The molecule has 1 aliphatic carbocycles. The molecule has 1 saturated carbocycles. The Morgan fingerprint density at radius 1 is 1.62 bits per heavy atom. The van der Waals surface area contributed by atoms with E-state index in [1.165, 1.54) is 24.3 Å². The number of rotatable bonds is 4. The van der Waals surface area contributed by atoms with Crippen LogP contribution < -0.4 is 5.32 Å². The van der Waals surface area contributed by atoms with E-state index in [1.54, 1.807) is 11.3 Å². The van der Waals surface area contributed by atoms with Gasteiger partial charge in [0.2, 0.25) is 0 Å². The summed E-state index contributed by atoms with van der Waals surface area (Å²) in [6, 6.07) is 1.14. The first-order chi connectivity index (χ1) is 7.61. The minimum atomic E-state index is 0.457. The van der Waals surface area contributed by atoms with Crippen molar-refractivity contribution in [3.63, 3.8) is 0 Å². The zero-order valence-electron chi connectivity index (χ0n) is 10.5. The van der Waals surface area contributed by atoms with Crippen LogP contribution in [-0.2, 0) is 0 Å². The molecule has 1 heterocycles. The van der Waals surface area contributed by atoms with E-state index < -0.39 is 0 Å². The highest BCUT2D eigenvalue weighted by atomic mass is 32.1. The number of aromatic nitrogens is 1. The van der Waals surface area contributed by atoms with Crippen molar-refractivity contribution in [1.82, 2.24) is 10.3 Å². The van der Waals surface area contributed by atoms with E-state index in [0.717, 1.165) is 6.42 Å². The molecule has 0 spiro atoms. The summed E-state index contributed by atoms with van der Waals surface area (Å²) in [5.41, 5.74) is 0.527. The lowest BCUT2D eigenvalue weighted by Gasteiger charge is -2.22. The Morgan fingerprint density at radius 3 is 2.94 bits per heavy atom. The number of nitrogens with one attached hydrogen (secondary N) is 1. The van der Waals surface area contributed by atoms with Crippen molar-refractivity contribution in [3.05, 3.63) is 16.6 Å². The summed E-state index contributed by atoms with van der Waals surface area (Å²) in [5.74, 6) is 0. The normalized spacial score (nSPS) is 25.8. The molecule has 2 unspecified atom stereocenters. The quantitative estimate of drug-likeness (QED) is 0.864. The molecular formula is C13H22N2S. The monoisotopic (exact) mass is 238 g/mol. The van der Waals surface area contributed by atoms with E-state index in [9.17, 15) is 0 Å². The van der Waals surface area contributed by atoms with Crippen LogP contribution >= 0.6 is 11.3 Å². The van der Waals surface area contributed by atoms with Crippen molar-refractivity contribution in [2.75, 3.05) is 0 Å². The van der Waals surface area contributed by atoms with Gasteiger partial charge in [-0.2, -0.15) is 0 Å². The number of hydrogen-bond acceptors (Lipinski definition) is 3. The van der Waals surface area contributed by atoms with Crippen LogP contribution in [0, 0.1) is 5.41 Å². The fourth-order valence-corrected chi connectivity index (χ4v) is 3.42. The van der Waals surface area contributed by atoms with Crippen molar-refractivity contribution in [2.45, 2.75) is 58.5 Å². The summed E-state index contributed by atoms with van der Waals surface area (Å²) < 4.78 is 0. The fraction of sp³-hybridized carbons (Fsp3) is 0.769. The summed E-state index contributed by atoms with van der Waals surface area (Å²) in [5, 5.41) is 7.08. The number of hydrogen-bond donors (Lipinski definition) is 1. The molecule has 0 bridgehead atoms. The average Bonchev–Trinajstić information content (AvgIpc) is 2.84. The Balaban J connectivity index is 1.93. The van der Waals surface area contributed by atoms with Gasteiger partial charge in [-0.1, -0.05) is 20.8 Å². The average molecular weight is 238 g/mol. The van der Waals surface area contributed by atoms with Gasteiger partial charge in [-0.3, -0.25) is 0 Å². The molecule has 1 aromatic heterocycles. The Hall–Kier alpha value is -0.410. The molecule has 1 aromatic rings. The first-order valence-corrected chi connectivity index (χ1v) is 7.14. The highest BCUT2D eigenvalue weighted by molar-refractivity contribution is 7.09. The van der Waals surface area contributed by atoms with Gasteiger partial charge >= 0.3 is 0 Å². The Labute approximate surface area is 102 Å². The second kappa shape index (κ2) is 4.84. The second-order valence-corrected chi connectivity index (χ2v) is 6.53. The van der Waals surface area contributed by atoms with Crippen molar-refractivity contribution < 1.29 is 0 Å². The Morgan fingerprint density at radius 2 is 2.44 bits per heavy atom. The van der Waals surface area contributed by atoms with Gasteiger partial charge in [0, 0.05) is 17.6 Å². The summed E-state index contributed by atoms with van der Waals surface area (Å²) in [6.45, 7) is 6.98. The zero-order valence-corrected chi connectivity index (χ0v) is 11.3. The fourth-order valence-electron chi connectivity index (χ4n) is 2.63. The molecule has 0 radical (unpaired) electrons. The van der Waals surface area contributed by atoms with Gasteiger partial charge < -0.3 is 5.32 Å². The summed E-state index contributed by atoms with van der Waals surface area (Å²) in [4.78, 5) is 4.42. The van der Waals surface area contributed by atoms with Crippen LogP contribution in [0.4, 0.5) is 0 Å². The van der Waals surface area contributed by atoms with E-state index in [0.29, 0.717) is 17.5 Å². The molecule has 0 aromatic carbocycles. The molecule has 0 amide bonds. The van der Waals surface area contributed by atoms with Crippen LogP contribution in [0.3, 0.4) is 0 Å². The molecule has 1 aliphatic rings. The van der Waals surface area contributed by atoms with Gasteiger partial charge in [0.15, 0.2) is 0 Å². The highest BCUT2D eigenvalue weighted by Crippen LogP contribution is 2.38. The van der Waals surface area contributed by atoms with Gasteiger partial charge in [-0.15, -0.1) is 11.3 Å². The molecule has 2 nitrogen and oxygen atoms in total. The maximum atomic E-state index is 4.42. The van der Waals surface area contributed by atoms with Gasteiger partial charge in [0.05, 0.1) is 6.04 Å². The molecule has 3 heteroatoms. The Kier molecular flexibility index (Phi) is 3.65. The van der Waals surface area contributed by atoms with Crippen LogP contribution in [0.25, 0.3) is 0 Å². The van der Waals surface area contributed by atoms with Gasteiger partial charge in [-0.05, 0) is 31.1 Å². The number of nitrogens with zero attached hydrogens (tertiary/aromatic N) is 1. The third-order valence-corrected chi connectivity index (χ3v) is 4.45. The predicted octanol–water partition coefficient (Wildman–Crippen LogP) is 3.76. The van der Waals surface area contributed by atoms with E-state index in [2.05, 4.69) is 36.5 Å². The smallest absolute Gasteiger partial charge is 0.109 e. The molecular weight excluding hydrogens is 216 g/mol. The SMILES string of the molecule is CCC(NC1CCC(C)(C)C1)c1nccs1. The van der Waals surface area contributed by atoms with Crippen LogP contribution in [0.5, 0.6) is 0 Å². The van der Waals surface area contributed by atoms with Gasteiger partial charge in [0.1, 0.15) is 5.01 Å². The van der Waals surface area contributed by atoms with E-state index in [1.807, 2.05) is 6.20 Å². The predicted molar refractivity (Wildman–Crippen MR) is 69.7 cm³/mol. The van der Waals surface area contributed by atoms with Gasteiger partial charge in [-0.25, -0.2) is 4.98 Å².